The van der Waals surface area contributed by atoms with Crippen LogP contribution in [0.1, 0.15) is 29.3 Å². The molecule has 1 aliphatic rings. The molecule has 1 heterocycles. The number of carbonyl (C=O) groups excluding carboxylic acids is 2. The summed E-state index contributed by atoms with van der Waals surface area (Å²) in [5.41, 5.74) is 8.05. The Kier molecular flexibility index (Phi) is 6.77. The number of hydrogen-bond acceptors (Lipinski definition) is 3. The topological polar surface area (TPSA) is 66.6 Å². The van der Waals surface area contributed by atoms with Crippen molar-refractivity contribution in [2.45, 2.75) is 25.9 Å². The molecule has 2 aromatic rings. The molecule has 26 heavy (non-hydrogen) atoms. The molecule has 0 aliphatic carbocycles. The van der Waals surface area contributed by atoms with Crippen LogP contribution >= 0.6 is 12.4 Å². The van der Waals surface area contributed by atoms with Crippen molar-refractivity contribution >= 4 is 29.9 Å². The van der Waals surface area contributed by atoms with Gasteiger partial charge in [-0.3, -0.25) is 9.59 Å². The van der Waals surface area contributed by atoms with Gasteiger partial charge in [-0.25, -0.2) is 0 Å². The minimum Gasteiger partial charge on any atom is -0.327 e. The molecule has 0 spiro atoms. The van der Waals surface area contributed by atoms with Gasteiger partial charge >= 0.3 is 0 Å². The second kappa shape index (κ2) is 8.83. The van der Waals surface area contributed by atoms with E-state index in [0.717, 1.165) is 11.3 Å². The number of nitrogens with two attached hydrogens (primary N) is 1. The highest BCUT2D eigenvalue weighted by atomic mass is 35.5. The first-order valence-corrected chi connectivity index (χ1v) is 8.62. The molecule has 5 nitrogen and oxygen atoms in total. The minimum atomic E-state index is -0.410. The Labute approximate surface area is 160 Å². The molecule has 0 aromatic heterocycles. The zero-order chi connectivity index (χ0) is 17.8. The molecule has 1 aliphatic heterocycles. The summed E-state index contributed by atoms with van der Waals surface area (Å²) >= 11 is 0. The van der Waals surface area contributed by atoms with E-state index >= 15 is 0 Å². The first kappa shape index (κ1) is 19.9. The summed E-state index contributed by atoms with van der Waals surface area (Å²) in [5, 5.41) is 0. The summed E-state index contributed by atoms with van der Waals surface area (Å²) in [7, 11) is 0. The van der Waals surface area contributed by atoms with Gasteiger partial charge in [-0.2, -0.15) is 0 Å². The molecule has 1 fully saturated rings. The Morgan fingerprint density at radius 3 is 2.38 bits per heavy atom. The second-order valence-electron chi connectivity index (χ2n) is 6.12. The standard InChI is InChI=1S/C20H23N3O2.ClH/c1-2-22(19(24)16-10-8-15(14-21)9-11-16)18-12-13-23(20(18)25)17-6-4-3-5-7-17;/h3-11,18H,2,12-14,21H2,1H3;1H. The smallest absolute Gasteiger partial charge is 0.254 e. The van der Waals surface area contributed by atoms with Crippen LogP contribution in [-0.4, -0.2) is 35.8 Å². The molecule has 2 amide bonds. The lowest BCUT2D eigenvalue weighted by molar-refractivity contribution is -0.120. The number of anilines is 1. The van der Waals surface area contributed by atoms with Crippen LogP contribution < -0.4 is 10.6 Å². The normalized spacial score (nSPS) is 16.3. The molecule has 138 valence electrons. The van der Waals surface area contributed by atoms with Crippen LogP contribution in [0.15, 0.2) is 54.6 Å². The number of halogens is 1. The minimum absolute atomic E-state index is 0. The van der Waals surface area contributed by atoms with Gasteiger partial charge in [-0.05, 0) is 43.2 Å². The average molecular weight is 374 g/mol. The highest BCUT2D eigenvalue weighted by Gasteiger charge is 2.38. The van der Waals surface area contributed by atoms with Crippen LogP contribution in [-0.2, 0) is 11.3 Å². The molecule has 1 saturated heterocycles. The summed E-state index contributed by atoms with van der Waals surface area (Å²) in [6.07, 6.45) is 0.647. The Hall–Kier alpha value is -2.37. The SMILES string of the molecule is CCN(C(=O)c1ccc(CN)cc1)C1CCN(c2ccccc2)C1=O.Cl. The summed E-state index contributed by atoms with van der Waals surface area (Å²) < 4.78 is 0. The number of carbonyl (C=O) groups is 2. The van der Waals surface area contributed by atoms with E-state index in [1.807, 2.05) is 49.4 Å². The molecule has 6 heteroatoms. The van der Waals surface area contributed by atoms with E-state index in [4.69, 9.17) is 5.73 Å². The van der Waals surface area contributed by atoms with Crippen molar-refractivity contribution in [3.63, 3.8) is 0 Å². The second-order valence-corrected chi connectivity index (χ2v) is 6.12. The number of hydrogen-bond donors (Lipinski definition) is 1. The predicted molar refractivity (Wildman–Crippen MR) is 105 cm³/mol. The third kappa shape index (κ3) is 3.89. The maximum absolute atomic E-state index is 12.9. The lowest BCUT2D eigenvalue weighted by Crippen LogP contribution is -2.45. The molecule has 2 aromatic carbocycles. The largest absolute Gasteiger partial charge is 0.327 e. The van der Waals surface area contributed by atoms with Crippen molar-refractivity contribution in [2.75, 3.05) is 18.0 Å². The van der Waals surface area contributed by atoms with Crippen molar-refractivity contribution in [3.8, 4) is 0 Å². The van der Waals surface area contributed by atoms with E-state index in [0.29, 0.717) is 31.6 Å². The molecule has 2 N–H and O–H groups in total. The molecule has 3 rings (SSSR count). The Morgan fingerprint density at radius 2 is 1.81 bits per heavy atom. The van der Waals surface area contributed by atoms with Gasteiger partial charge < -0.3 is 15.5 Å². The number of nitrogens with zero attached hydrogens (tertiary/aromatic N) is 2. The third-order valence-corrected chi connectivity index (χ3v) is 4.66. The van der Waals surface area contributed by atoms with E-state index in [-0.39, 0.29) is 24.2 Å². The molecule has 0 saturated carbocycles. The Balaban J connectivity index is 0.00000243. The van der Waals surface area contributed by atoms with E-state index in [1.165, 1.54) is 0 Å². The highest BCUT2D eigenvalue weighted by Crippen LogP contribution is 2.25. The van der Waals surface area contributed by atoms with E-state index < -0.39 is 6.04 Å². The number of amides is 2. The molecule has 1 atom stereocenters. The molecular formula is C20H24ClN3O2. The quantitative estimate of drug-likeness (QED) is 0.876. The zero-order valence-electron chi connectivity index (χ0n) is 14.8. The molecule has 0 bridgehead atoms. The van der Waals surface area contributed by atoms with Gasteiger partial charge in [0.25, 0.3) is 5.91 Å². The average Bonchev–Trinajstić information content (AvgIpc) is 3.04. The van der Waals surface area contributed by atoms with Crippen LogP contribution in [0, 0.1) is 0 Å². The maximum Gasteiger partial charge on any atom is 0.254 e. The van der Waals surface area contributed by atoms with Crippen molar-refractivity contribution in [1.82, 2.24) is 4.90 Å². The first-order chi connectivity index (χ1) is 12.2. The van der Waals surface area contributed by atoms with Gasteiger partial charge in [0.05, 0.1) is 0 Å². The van der Waals surface area contributed by atoms with Crippen molar-refractivity contribution in [3.05, 3.63) is 65.7 Å². The van der Waals surface area contributed by atoms with Crippen LogP contribution in [0.25, 0.3) is 0 Å². The molecular weight excluding hydrogens is 350 g/mol. The summed E-state index contributed by atoms with van der Waals surface area (Å²) in [4.78, 5) is 29.2. The number of rotatable bonds is 5. The summed E-state index contributed by atoms with van der Waals surface area (Å²) in [6.45, 7) is 3.48. The predicted octanol–water partition coefficient (Wildman–Crippen LogP) is 2.83. The number of likely N-dealkylation sites (N-methyl/N-ethyl adjacent to an activating group) is 1. The monoisotopic (exact) mass is 373 g/mol. The van der Waals surface area contributed by atoms with Crippen molar-refractivity contribution in [2.24, 2.45) is 5.73 Å². The van der Waals surface area contributed by atoms with Gasteiger partial charge in [0, 0.05) is 30.9 Å². The van der Waals surface area contributed by atoms with Gasteiger partial charge in [0.2, 0.25) is 5.91 Å². The molecule has 1 unspecified atom stereocenters. The van der Waals surface area contributed by atoms with Gasteiger partial charge in [-0.1, -0.05) is 30.3 Å². The van der Waals surface area contributed by atoms with E-state index in [1.54, 1.807) is 21.9 Å². The molecule has 0 radical (unpaired) electrons. The van der Waals surface area contributed by atoms with Crippen LogP contribution in [0.5, 0.6) is 0 Å². The van der Waals surface area contributed by atoms with Crippen LogP contribution in [0.4, 0.5) is 5.69 Å². The van der Waals surface area contributed by atoms with Crippen LogP contribution in [0.3, 0.4) is 0 Å². The number of para-hydroxylation sites is 1. The highest BCUT2D eigenvalue weighted by molar-refractivity contribution is 6.03. The lowest BCUT2D eigenvalue weighted by Gasteiger charge is -2.27. The number of benzene rings is 2. The fraction of sp³-hybridized carbons (Fsp3) is 0.300. The van der Waals surface area contributed by atoms with E-state index in [9.17, 15) is 9.59 Å². The Morgan fingerprint density at radius 1 is 1.15 bits per heavy atom. The summed E-state index contributed by atoms with van der Waals surface area (Å²) in [6, 6.07) is 16.5. The van der Waals surface area contributed by atoms with Gasteiger partial charge in [-0.15, -0.1) is 12.4 Å². The fourth-order valence-corrected chi connectivity index (χ4v) is 3.27. The Bertz CT molecular complexity index is 749. The zero-order valence-corrected chi connectivity index (χ0v) is 15.6. The van der Waals surface area contributed by atoms with Gasteiger partial charge in [0.15, 0.2) is 0 Å². The van der Waals surface area contributed by atoms with Crippen molar-refractivity contribution < 1.29 is 9.59 Å². The van der Waals surface area contributed by atoms with Crippen molar-refractivity contribution in [1.29, 1.82) is 0 Å². The van der Waals surface area contributed by atoms with Crippen LogP contribution in [0.2, 0.25) is 0 Å². The van der Waals surface area contributed by atoms with E-state index in [2.05, 4.69) is 0 Å². The summed E-state index contributed by atoms with van der Waals surface area (Å²) in [5.74, 6) is -0.126. The first-order valence-electron chi connectivity index (χ1n) is 8.62. The lowest BCUT2D eigenvalue weighted by atomic mass is 10.1. The fourth-order valence-electron chi connectivity index (χ4n) is 3.27. The van der Waals surface area contributed by atoms with Gasteiger partial charge in [0.1, 0.15) is 6.04 Å². The third-order valence-electron chi connectivity index (χ3n) is 4.66. The maximum atomic E-state index is 12.9.